The molecule has 0 unspecified atom stereocenters. The van der Waals surface area contributed by atoms with Gasteiger partial charge in [0.1, 0.15) is 5.75 Å². The molecule has 0 amide bonds. The fraction of sp³-hybridized carbons (Fsp3) is 0.133. The first-order valence-corrected chi connectivity index (χ1v) is 7.27. The van der Waals surface area contributed by atoms with Crippen LogP contribution in [0.3, 0.4) is 0 Å². The van der Waals surface area contributed by atoms with Crippen LogP contribution in [-0.2, 0) is 6.54 Å². The van der Waals surface area contributed by atoms with Crippen molar-refractivity contribution in [2.24, 2.45) is 0 Å². The number of ether oxygens (including phenoxy) is 1. The van der Waals surface area contributed by atoms with Gasteiger partial charge in [0.15, 0.2) is 0 Å². The average Bonchev–Trinajstić information content (AvgIpc) is 2.46. The number of carboxylic acid groups (broad SMARTS) is 1. The summed E-state index contributed by atoms with van der Waals surface area (Å²) < 4.78 is 6.04. The first-order chi connectivity index (χ1) is 10.0. The molecule has 0 bridgehead atoms. The Morgan fingerprint density at radius 3 is 2.71 bits per heavy atom. The summed E-state index contributed by atoms with van der Waals surface area (Å²) in [6, 6.07) is 10.6. The molecule has 0 spiro atoms. The number of rotatable bonds is 5. The van der Waals surface area contributed by atoms with Gasteiger partial charge >= 0.3 is 5.97 Å². The van der Waals surface area contributed by atoms with Crippen molar-refractivity contribution in [2.45, 2.75) is 6.54 Å². The predicted octanol–water partition coefficient (Wildman–Crippen LogP) is 4.42. The molecule has 0 atom stereocenters. The van der Waals surface area contributed by atoms with E-state index in [9.17, 15) is 4.79 Å². The van der Waals surface area contributed by atoms with Gasteiger partial charge in [0.05, 0.1) is 22.2 Å². The normalized spacial score (nSPS) is 10.2. The minimum Gasteiger partial charge on any atom is -0.496 e. The van der Waals surface area contributed by atoms with Crippen LogP contribution in [0.1, 0.15) is 15.9 Å². The fourth-order valence-corrected chi connectivity index (χ4v) is 2.61. The summed E-state index contributed by atoms with van der Waals surface area (Å²) in [6.45, 7) is 0.559. The van der Waals surface area contributed by atoms with E-state index in [4.69, 9.17) is 21.4 Å². The quantitative estimate of drug-likeness (QED) is 0.818. The van der Waals surface area contributed by atoms with Crippen LogP contribution in [0.2, 0.25) is 5.02 Å². The van der Waals surface area contributed by atoms with Crippen LogP contribution in [0.15, 0.2) is 40.9 Å². The van der Waals surface area contributed by atoms with Crippen LogP contribution in [0, 0.1) is 0 Å². The number of anilines is 1. The molecule has 2 aromatic carbocycles. The predicted molar refractivity (Wildman–Crippen MR) is 86.4 cm³/mol. The largest absolute Gasteiger partial charge is 0.496 e. The zero-order chi connectivity index (χ0) is 15.4. The van der Waals surface area contributed by atoms with Crippen molar-refractivity contribution in [3.8, 4) is 5.75 Å². The molecule has 2 N–H and O–H groups in total. The molecule has 6 heteroatoms. The molecule has 2 rings (SSSR count). The second kappa shape index (κ2) is 6.83. The van der Waals surface area contributed by atoms with Crippen molar-refractivity contribution in [1.29, 1.82) is 0 Å². The zero-order valence-corrected chi connectivity index (χ0v) is 13.5. The smallest absolute Gasteiger partial charge is 0.337 e. The number of aromatic carboxylic acids is 1. The minimum absolute atomic E-state index is 0.0811. The molecule has 0 radical (unpaired) electrons. The van der Waals surface area contributed by atoms with E-state index in [-0.39, 0.29) is 10.6 Å². The van der Waals surface area contributed by atoms with Crippen LogP contribution in [0.4, 0.5) is 5.69 Å². The first kappa shape index (κ1) is 15.7. The summed E-state index contributed by atoms with van der Waals surface area (Å²) in [5.41, 5.74) is 1.82. The van der Waals surface area contributed by atoms with E-state index in [0.717, 1.165) is 15.8 Å². The van der Waals surface area contributed by atoms with Gasteiger partial charge < -0.3 is 15.2 Å². The molecule has 110 valence electrons. The Morgan fingerprint density at radius 1 is 1.33 bits per heavy atom. The van der Waals surface area contributed by atoms with Gasteiger partial charge in [-0.3, -0.25) is 0 Å². The van der Waals surface area contributed by atoms with Crippen molar-refractivity contribution in [3.05, 3.63) is 57.0 Å². The SMILES string of the molecule is COc1ccc(CNc2ccc(Cl)c(C(=O)O)c2)cc1Br. The third kappa shape index (κ3) is 3.89. The Hall–Kier alpha value is -1.72. The lowest BCUT2D eigenvalue weighted by Gasteiger charge is -2.10. The Bertz CT molecular complexity index is 676. The molecule has 0 aliphatic heterocycles. The monoisotopic (exact) mass is 369 g/mol. The van der Waals surface area contributed by atoms with Gasteiger partial charge in [-0.25, -0.2) is 4.79 Å². The number of methoxy groups -OCH3 is 1. The van der Waals surface area contributed by atoms with Gasteiger partial charge in [0, 0.05) is 12.2 Å². The van der Waals surface area contributed by atoms with E-state index in [0.29, 0.717) is 12.2 Å². The highest BCUT2D eigenvalue weighted by Gasteiger charge is 2.09. The van der Waals surface area contributed by atoms with Crippen molar-refractivity contribution >= 4 is 39.2 Å². The van der Waals surface area contributed by atoms with Gasteiger partial charge in [0.25, 0.3) is 0 Å². The van der Waals surface area contributed by atoms with E-state index in [1.807, 2.05) is 18.2 Å². The van der Waals surface area contributed by atoms with Gasteiger partial charge in [-0.1, -0.05) is 17.7 Å². The number of benzene rings is 2. The summed E-state index contributed by atoms with van der Waals surface area (Å²) in [6.07, 6.45) is 0. The maximum Gasteiger partial charge on any atom is 0.337 e. The highest BCUT2D eigenvalue weighted by molar-refractivity contribution is 9.10. The maximum atomic E-state index is 11.0. The molecule has 4 nitrogen and oxygen atoms in total. The lowest BCUT2D eigenvalue weighted by atomic mass is 10.2. The summed E-state index contributed by atoms with van der Waals surface area (Å²) in [5, 5.41) is 12.4. The van der Waals surface area contributed by atoms with Gasteiger partial charge in [-0.2, -0.15) is 0 Å². The highest BCUT2D eigenvalue weighted by atomic mass is 79.9. The number of hydrogen-bond donors (Lipinski definition) is 2. The van der Waals surface area contributed by atoms with Crippen molar-refractivity contribution in [3.63, 3.8) is 0 Å². The number of hydrogen-bond acceptors (Lipinski definition) is 3. The van der Waals surface area contributed by atoms with Crippen LogP contribution in [-0.4, -0.2) is 18.2 Å². The summed E-state index contributed by atoms with van der Waals surface area (Å²) in [5.74, 6) is -0.283. The second-order valence-corrected chi connectivity index (χ2v) is 5.58. The molecule has 2 aromatic rings. The van der Waals surface area contributed by atoms with Crippen molar-refractivity contribution in [1.82, 2.24) is 0 Å². The summed E-state index contributed by atoms with van der Waals surface area (Å²) in [4.78, 5) is 11.0. The molecular weight excluding hydrogens is 358 g/mol. The maximum absolute atomic E-state index is 11.0. The van der Waals surface area contributed by atoms with Gasteiger partial charge in [-0.05, 0) is 51.8 Å². The number of halogens is 2. The van der Waals surface area contributed by atoms with Crippen LogP contribution in [0.25, 0.3) is 0 Å². The molecule has 0 heterocycles. The third-order valence-electron chi connectivity index (χ3n) is 2.91. The van der Waals surface area contributed by atoms with E-state index in [1.165, 1.54) is 6.07 Å². The standard InChI is InChI=1S/C15H13BrClNO3/c1-21-14-5-2-9(6-12(14)16)8-18-10-3-4-13(17)11(7-10)15(19)20/h2-7,18H,8H2,1H3,(H,19,20). The minimum atomic E-state index is -1.05. The highest BCUT2D eigenvalue weighted by Crippen LogP contribution is 2.26. The molecule has 0 saturated heterocycles. The molecule has 0 fully saturated rings. The Morgan fingerprint density at radius 2 is 2.10 bits per heavy atom. The molecule has 0 aliphatic carbocycles. The van der Waals surface area contributed by atoms with Crippen molar-refractivity contribution in [2.75, 3.05) is 12.4 Å². The number of carboxylic acids is 1. The number of nitrogens with one attached hydrogen (secondary N) is 1. The Labute approximate surface area is 135 Å². The summed E-state index contributed by atoms with van der Waals surface area (Å²) in [7, 11) is 1.61. The topological polar surface area (TPSA) is 58.6 Å². The Kier molecular flexibility index (Phi) is 5.09. The van der Waals surface area contributed by atoms with E-state index < -0.39 is 5.97 Å². The summed E-state index contributed by atoms with van der Waals surface area (Å²) >= 11 is 9.26. The van der Waals surface area contributed by atoms with Crippen LogP contribution < -0.4 is 10.1 Å². The zero-order valence-electron chi connectivity index (χ0n) is 11.2. The molecule has 0 aliphatic rings. The second-order valence-electron chi connectivity index (χ2n) is 4.32. The van der Waals surface area contributed by atoms with E-state index in [1.54, 1.807) is 19.2 Å². The number of carbonyl (C=O) groups is 1. The fourth-order valence-electron chi connectivity index (χ4n) is 1.82. The van der Waals surface area contributed by atoms with E-state index >= 15 is 0 Å². The van der Waals surface area contributed by atoms with Crippen LogP contribution >= 0.6 is 27.5 Å². The molecule has 0 aromatic heterocycles. The molecular formula is C15H13BrClNO3. The molecule has 0 saturated carbocycles. The van der Waals surface area contributed by atoms with Gasteiger partial charge in [-0.15, -0.1) is 0 Å². The first-order valence-electron chi connectivity index (χ1n) is 6.10. The lowest BCUT2D eigenvalue weighted by molar-refractivity contribution is 0.0697. The average molecular weight is 371 g/mol. The van der Waals surface area contributed by atoms with Crippen molar-refractivity contribution < 1.29 is 14.6 Å². The molecule has 21 heavy (non-hydrogen) atoms. The van der Waals surface area contributed by atoms with Gasteiger partial charge in [0.2, 0.25) is 0 Å². The van der Waals surface area contributed by atoms with Crippen LogP contribution in [0.5, 0.6) is 5.75 Å². The third-order valence-corrected chi connectivity index (χ3v) is 3.86. The lowest BCUT2D eigenvalue weighted by Crippen LogP contribution is -2.03. The Balaban J connectivity index is 2.11. The van der Waals surface area contributed by atoms with E-state index in [2.05, 4.69) is 21.2 Å².